The van der Waals surface area contributed by atoms with E-state index in [-0.39, 0.29) is 11.8 Å². The molecule has 0 atom stereocenters. The van der Waals surface area contributed by atoms with Crippen molar-refractivity contribution >= 4 is 22.7 Å². The molecule has 206 valence electrons. The summed E-state index contributed by atoms with van der Waals surface area (Å²) in [7, 11) is 16.5. The van der Waals surface area contributed by atoms with Crippen LogP contribution in [0.3, 0.4) is 0 Å². The summed E-state index contributed by atoms with van der Waals surface area (Å²) >= 11 is 0. The van der Waals surface area contributed by atoms with Gasteiger partial charge in [-0.3, -0.25) is 0 Å². The Morgan fingerprint density at radius 3 is 0.800 bits per heavy atom. The highest BCUT2D eigenvalue weighted by atomic mass is 16.5. The fourth-order valence-electron chi connectivity index (χ4n) is 5.88. The summed E-state index contributed by atoms with van der Waals surface area (Å²) in [4.78, 5) is 8.48. The third-order valence-corrected chi connectivity index (χ3v) is 8.17. The van der Waals surface area contributed by atoms with Crippen molar-refractivity contribution in [3.8, 4) is 23.0 Å². The lowest BCUT2D eigenvalue weighted by atomic mass is 9.71. The van der Waals surface area contributed by atoms with E-state index < -0.39 is 0 Å². The Hall–Kier alpha value is -4.32. The van der Waals surface area contributed by atoms with Crippen LogP contribution in [0, 0.1) is 0 Å². The van der Waals surface area contributed by atoms with Crippen molar-refractivity contribution in [3.63, 3.8) is 0 Å². The van der Waals surface area contributed by atoms with Gasteiger partial charge >= 0.3 is 0 Å². The normalized spacial score (nSPS) is 13.7. The molecule has 2 aliphatic heterocycles. The van der Waals surface area contributed by atoms with Gasteiger partial charge in [0.15, 0.2) is 0 Å². The van der Waals surface area contributed by atoms with Crippen molar-refractivity contribution in [1.29, 1.82) is 0 Å². The van der Waals surface area contributed by atoms with Gasteiger partial charge < -0.3 is 29.1 Å². The molecule has 2 aliphatic rings. The van der Waals surface area contributed by atoms with Crippen molar-refractivity contribution in [1.82, 2.24) is 0 Å². The van der Waals surface area contributed by atoms with Crippen LogP contribution in [-0.4, -0.2) is 56.4 Å². The zero-order valence-electron chi connectivity index (χ0n) is 24.7. The van der Waals surface area contributed by atoms with E-state index in [0.717, 1.165) is 45.7 Å². The summed E-state index contributed by atoms with van der Waals surface area (Å²) in [6.45, 7) is 0. The van der Waals surface area contributed by atoms with Crippen LogP contribution in [0.25, 0.3) is 0 Å². The first-order valence-corrected chi connectivity index (χ1v) is 13.7. The summed E-state index contributed by atoms with van der Waals surface area (Å²) in [5.74, 6) is 3.71. The first kappa shape index (κ1) is 25.9. The summed E-state index contributed by atoms with van der Waals surface area (Å²) < 4.78 is 13.3. The second-order valence-corrected chi connectivity index (χ2v) is 11.6. The minimum Gasteiger partial charge on any atom is -0.457 e. The van der Waals surface area contributed by atoms with Gasteiger partial charge in [0, 0.05) is 137 Å². The Balaban J connectivity index is 1.62. The number of anilines is 4. The highest BCUT2D eigenvalue weighted by Crippen LogP contribution is 2.58. The van der Waals surface area contributed by atoms with Gasteiger partial charge in [-0.15, -0.1) is 0 Å². The molecule has 0 radical (unpaired) electrons. The molecule has 2 heterocycles. The van der Waals surface area contributed by atoms with Crippen molar-refractivity contribution in [2.75, 3.05) is 76.0 Å². The van der Waals surface area contributed by atoms with Gasteiger partial charge in [0.1, 0.15) is 23.0 Å². The van der Waals surface area contributed by atoms with E-state index >= 15 is 0 Å². The molecule has 0 amide bonds. The summed E-state index contributed by atoms with van der Waals surface area (Å²) in [5.41, 5.74) is 9.21. The van der Waals surface area contributed by atoms with Gasteiger partial charge in [-0.05, 0) is 24.3 Å². The fraction of sp³-hybridized carbons (Fsp3) is 0.294. The topological polar surface area (TPSA) is 31.4 Å². The van der Waals surface area contributed by atoms with E-state index in [1.165, 1.54) is 22.3 Å². The lowest BCUT2D eigenvalue weighted by Gasteiger charge is -2.39. The van der Waals surface area contributed by atoms with Crippen LogP contribution in [0.4, 0.5) is 22.7 Å². The maximum Gasteiger partial charge on any atom is 0.133 e. The van der Waals surface area contributed by atoms with Crippen LogP contribution < -0.4 is 29.1 Å². The average molecular weight is 535 g/mol. The quantitative estimate of drug-likeness (QED) is 0.271. The Labute approximate surface area is 238 Å². The van der Waals surface area contributed by atoms with Crippen molar-refractivity contribution in [2.45, 2.75) is 11.8 Å². The summed E-state index contributed by atoms with van der Waals surface area (Å²) in [6.07, 6.45) is 0. The van der Waals surface area contributed by atoms with Crippen molar-refractivity contribution < 1.29 is 9.47 Å². The van der Waals surface area contributed by atoms with Crippen LogP contribution in [-0.2, 0) is 0 Å². The van der Waals surface area contributed by atoms with Gasteiger partial charge in [-0.25, -0.2) is 0 Å². The SMILES string of the molecule is CN(C)c1ccc2c(c1)Oc1cc(N(C)C)ccc1C2C1c2ccc(N(C)C)cc2Oc2cc(N(C)C)ccc21. The Bertz CT molecular complexity index is 1360. The number of rotatable bonds is 5. The number of hydrogen-bond acceptors (Lipinski definition) is 6. The lowest BCUT2D eigenvalue weighted by Crippen LogP contribution is -2.23. The largest absolute Gasteiger partial charge is 0.457 e. The van der Waals surface area contributed by atoms with Gasteiger partial charge in [0.05, 0.1) is 0 Å². The highest BCUT2D eigenvalue weighted by Gasteiger charge is 2.40. The molecular weight excluding hydrogens is 496 g/mol. The molecule has 6 heteroatoms. The van der Waals surface area contributed by atoms with E-state index in [0.29, 0.717) is 0 Å². The molecule has 4 aromatic carbocycles. The number of ether oxygens (including phenoxy) is 2. The van der Waals surface area contributed by atoms with Crippen LogP contribution in [0.15, 0.2) is 72.8 Å². The Kier molecular flexibility index (Phi) is 6.29. The molecule has 0 aromatic heterocycles. The molecule has 0 unspecified atom stereocenters. The molecule has 0 bridgehead atoms. The van der Waals surface area contributed by atoms with E-state index in [2.05, 4.69) is 149 Å². The molecule has 0 saturated heterocycles. The standard InChI is InChI=1S/C34H38N4O2/c1-35(2)21-9-13-25-29(17-21)39-30-18-22(36(3)4)10-14-26(30)33(25)34-27-15-11-23(37(5)6)19-31(27)40-32-20-24(38(7)8)12-16-28(32)34/h9-20,33-34H,1-8H3. The smallest absolute Gasteiger partial charge is 0.133 e. The molecule has 0 spiro atoms. The lowest BCUT2D eigenvalue weighted by molar-refractivity contribution is 0.413. The second-order valence-electron chi connectivity index (χ2n) is 11.6. The average Bonchev–Trinajstić information content (AvgIpc) is 2.93. The van der Waals surface area contributed by atoms with E-state index in [1.54, 1.807) is 0 Å². The van der Waals surface area contributed by atoms with Gasteiger partial charge in [-0.1, -0.05) is 24.3 Å². The minimum absolute atomic E-state index is 0.0444. The summed E-state index contributed by atoms with van der Waals surface area (Å²) in [5, 5.41) is 0. The van der Waals surface area contributed by atoms with Crippen LogP contribution >= 0.6 is 0 Å². The summed E-state index contributed by atoms with van der Waals surface area (Å²) in [6, 6.07) is 26.4. The maximum absolute atomic E-state index is 6.66. The second kappa shape index (κ2) is 9.70. The molecule has 0 fully saturated rings. The van der Waals surface area contributed by atoms with Gasteiger partial charge in [-0.2, -0.15) is 0 Å². The molecule has 6 rings (SSSR count). The molecule has 6 nitrogen and oxygen atoms in total. The first-order chi connectivity index (χ1) is 19.1. The number of fused-ring (bicyclic) bond motifs is 4. The van der Waals surface area contributed by atoms with Crippen LogP contribution in [0.2, 0.25) is 0 Å². The fourth-order valence-corrected chi connectivity index (χ4v) is 5.88. The highest BCUT2D eigenvalue weighted by molar-refractivity contribution is 5.69. The predicted molar refractivity (Wildman–Crippen MR) is 167 cm³/mol. The Morgan fingerprint density at radius 2 is 0.600 bits per heavy atom. The van der Waals surface area contributed by atoms with E-state index in [9.17, 15) is 0 Å². The zero-order chi connectivity index (χ0) is 28.3. The van der Waals surface area contributed by atoms with Crippen molar-refractivity contribution in [2.24, 2.45) is 0 Å². The molecule has 0 N–H and O–H groups in total. The molecular formula is C34H38N4O2. The molecule has 40 heavy (non-hydrogen) atoms. The third-order valence-electron chi connectivity index (χ3n) is 8.17. The Morgan fingerprint density at radius 1 is 0.375 bits per heavy atom. The van der Waals surface area contributed by atoms with Crippen LogP contribution in [0.1, 0.15) is 34.1 Å². The monoisotopic (exact) mass is 534 g/mol. The maximum atomic E-state index is 6.66. The van der Waals surface area contributed by atoms with E-state index in [1.807, 2.05) is 0 Å². The molecule has 0 saturated carbocycles. The predicted octanol–water partition coefficient (Wildman–Crippen LogP) is 7.13. The number of nitrogens with zero attached hydrogens (tertiary/aromatic N) is 4. The minimum atomic E-state index is 0.0444. The molecule has 0 aliphatic carbocycles. The number of benzene rings is 4. The van der Waals surface area contributed by atoms with Crippen LogP contribution in [0.5, 0.6) is 23.0 Å². The van der Waals surface area contributed by atoms with Gasteiger partial charge in [0.2, 0.25) is 0 Å². The van der Waals surface area contributed by atoms with E-state index in [4.69, 9.17) is 9.47 Å². The number of hydrogen-bond donors (Lipinski definition) is 0. The van der Waals surface area contributed by atoms with Crippen molar-refractivity contribution in [3.05, 3.63) is 95.1 Å². The first-order valence-electron chi connectivity index (χ1n) is 13.7. The molecule has 4 aromatic rings. The van der Waals surface area contributed by atoms with Gasteiger partial charge in [0.25, 0.3) is 0 Å². The zero-order valence-corrected chi connectivity index (χ0v) is 24.7. The third kappa shape index (κ3) is 4.28.